The van der Waals surface area contributed by atoms with Crippen LogP contribution in [0.3, 0.4) is 0 Å². The number of carbonyl (C=O) groups is 2. The van der Waals surface area contributed by atoms with Crippen LogP contribution in [-0.2, 0) is 9.59 Å². The molecule has 0 unspecified atom stereocenters. The number of phenolic OH excluding ortho intramolecular Hbond substituents is 1. The van der Waals surface area contributed by atoms with Crippen molar-refractivity contribution in [1.82, 2.24) is 0 Å². The molecule has 3 nitrogen and oxygen atoms in total. The van der Waals surface area contributed by atoms with E-state index >= 15 is 0 Å². The topological polar surface area (TPSA) is 54.4 Å². The fourth-order valence-electron chi connectivity index (χ4n) is 2.83. The third-order valence-electron chi connectivity index (χ3n) is 3.89. The predicted octanol–water partition coefficient (Wildman–Crippen LogP) is 2.68. The van der Waals surface area contributed by atoms with E-state index in [-0.39, 0.29) is 17.3 Å². The number of Topliss-reactive ketones (excluding diaryl/α,β-unsaturated/α-hetero) is 2. The summed E-state index contributed by atoms with van der Waals surface area (Å²) in [7, 11) is 0. The van der Waals surface area contributed by atoms with Crippen LogP contribution >= 0.6 is 0 Å². The normalized spacial score (nSPS) is 21.3. The Labute approximate surface area is 106 Å². The number of aromatic hydroxyl groups is 1. The largest absolute Gasteiger partial charge is 0.508 e. The molecule has 0 spiro atoms. The molecule has 3 heteroatoms. The van der Waals surface area contributed by atoms with Gasteiger partial charge in [0.05, 0.1) is 0 Å². The van der Waals surface area contributed by atoms with Gasteiger partial charge >= 0.3 is 0 Å². The van der Waals surface area contributed by atoms with Crippen LogP contribution in [0.2, 0.25) is 0 Å². The van der Waals surface area contributed by atoms with E-state index in [2.05, 4.69) is 0 Å². The molecule has 2 aliphatic rings. The maximum Gasteiger partial charge on any atom is 0.147 e. The Hall–Kier alpha value is -1.64. The second kappa shape index (κ2) is 4.23. The molecular weight excluding hydrogens is 228 g/mol. The predicted molar refractivity (Wildman–Crippen MR) is 66.7 cm³/mol. The summed E-state index contributed by atoms with van der Waals surface area (Å²) >= 11 is 0. The molecule has 3 rings (SSSR count). The fourth-order valence-corrected chi connectivity index (χ4v) is 2.83. The van der Waals surface area contributed by atoms with Crippen molar-refractivity contribution in [3.05, 3.63) is 29.3 Å². The molecule has 0 amide bonds. The quantitative estimate of drug-likeness (QED) is 0.814. The Morgan fingerprint density at radius 1 is 1.00 bits per heavy atom. The SMILES string of the molecule is O=C1CCCC(=O)C1c1cc(O)ccc1C1CC1. The number of hydrogen-bond donors (Lipinski definition) is 1. The minimum atomic E-state index is -0.624. The third-order valence-corrected chi connectivity index (χ3v) is 3.89. The van der Waals surface area contributed by atoms with Gasteiger partial charge in [0.25, 0.3) is 0 Å². The second-order valence-corrected chi connectivity index (χ2v) is 5.31. The van der Waals surface area contributed by atoms with Crippen LogP contribution in [0.15, 0.2) is 18.2 Å². The Morgan fingerprint density at radius 3 is 2.28 bits per heavy atom. The lowest BCUT2D eigenvalue weighted by Gasteiger charge is -2.22. The summed E-state index contributed by atoms with van der Waals surface area (Å²) in [4.78, 5) is 24.0. The highest BCUT2D eigenvalue weighted by atomic mass is 16.3. The molecule has 2 fully saturated rings. The van der Waals surface area contributed by atoms with Gasteiger partial charge in [0.1, 0.15) is 23.2 Å². The molecule has 0 atom stereocenters. The van der Waals surface area contributed by atoms with E-state index in [9.17, 15) is 14.7 Å². The lowest BCUT2D eigenvalue weighted by Crippen LogP contribution is -2.27. The highest BCUT2D eigenvalue weighted by Gasteiger charge is 2.36. The van der Waals surface area contributed by atoms with Crippen molar-refractivity contribution in [3.8, 4) is 5.75 Å². The van der Waals surface area contributed by atoms with Gasteiger partial charge < -0.3 is 5.11 Å². The first kappa shape index (κ1) is 11.5. The molecule has 1 aromatic carbocycles. The van der Waals surface area contributed by atoms with Crippen LogP contribution in [0.5, 0.6) is 5.75 Å². The first-order chi connectivity index (χ1) is 8.66. The van der Waals surface area contributed by atoms with Crippen molar-refractivity contribution in [2.24, 2.45) is 0 Å². The second-order valence-electron chi connectivity index (χ2n) is 5.31. The molecule has 0 saturated heterocycles. The molecule has 94 valence electrons. The lowest BCUT2D eigenvalue weighted by molar-refractivity contribution is -0.131. The highest BCUT2D eigenvalue weighted by Crippen LogP contribution is 2.45. The van der Waals surface area contributed by atoms with Crippen molar-refractivity contribution in [1.29, 1.82) is 0 Å². The van der Waals surface area contributed by atoms with Crippen molar-refractivity contribution in [2.75, 3.05) is 0 Å². The summed E-state index contributed by atoms with van der Waals surface area (Å²) in [5.41, 5.74) is 1.84. The molecule has 1 aromatic rings. The van der Waals surface area contributed by atoms with Gasteiger partial charge in [-0.25, -0.2) is 0 Å². The van der Waals surface area contributed by atoms with Crippen molar-refractivity contribution in [3.63, 3.8) is 0 Å². The van der Waals surface area contributed by atoms with E-state index in [4.69, 9.17) is 0 Å². The first-order valence-electron chi connectivity index (χ1n) is 6.55. The molecule has 0 radical (unpaired) electrons. The fraction of sp³-hybridized carbons (Fsp3) is 0.467. The smallest absolute Gasteiger partial charge is 0.147 e. The summed E-state index contributed by atoms with van der Waals surface area (Å²) in [5, 5.41) is 9.62. The van der Waals surface area contributed by atoms with Crippen LogP contribution in [0.4, 0.5) is 0 Å². The highest BCUT2D eigenvalue weighted by molar-refractivity contribution is 6.09. The Balaban J connectivity index is 2.06. The van der Waals surface area contributed by atoms with Crippen molar-refractivity contribution in [2.45, 2.75) is 43.9 Å². The van der Waals surface area contributed by atoms with Gasteiger partial charge in [-0.05, 0) is 48.4 Å². The molecule has 2 aliphatic carbocycles. The molecule has 0 aromatic heterocycles. The number of rotatable bonds is 2. The van der Waals surface area contributed by atoms with Crippen LogP contribution < -0.4 is 0 Å². The lowest BCUT2D eigenvalue weighted by atomic mass is 9.79. The van der Waals surface area contributed by atoms with Crippen LogP contribution in [0.1, 0.15) is 55.1 Å². The summed E-state index contributed by atoms with van der Waals surface area (Å²) < 4.78 is 0. The van der Waals surface area contributed by atoms with Crippen molar-refractivity contribution >= 4 is 11.6 Å². The minimum absolute atomic E-state index is 0.0127. The first-order valence-corrected chi connectivity index (χ1v) is 6.55. The molecular formula is C15H16O3. The summed E-state index contributed by atoms with van der Waals surface area (Å²) in [5.74, 6) is 0.0163. The monoisotopic (exact) mass is 244 g/mol. The number of ketones is 2. The zero-order valence-electron chi connectivity index (χ0n) is 10.2. The number of phenols is 1. The number of carbonyl (C=O) groups excluding carboxylic acids is 2. The Morgan fingerprint density at radius 2 is 1.67 bits per heavy atom. The summed E-state index contributed by atoms with van der Waals surface area (Å²) in [6, 6.07) is 5.13. The van der Waals surface area contributed by atoms with E-state index in [1.165, 1.54) is 0 Å². The summed E-state index contributed by atoms with van der Waals surface area (Å²) in [6.07, 6.45) is 3.87. The van der Waals surface area contributed by atoms with Crippen LogP contribution in [0, 0.1) is 0 Å². The molecule has 0 heterocycles. The molecule has 0 aliphatic heterocycles. The van der Waals surface area contributed by atoms with Gasteiger partial charge in [-0.2, -0.15) is 0 Å². The van der Waals surface area contributed by atoms with E-state index in [1.54, 1.807) is 12.1 Å². The van der Waals surface area contributed by atoms with Gasteiger partial charge in [-0.3, -0.25) is 9.59 Å². The molecule has 18 heavy (non-hydrogen) atoms. The minimum Gasteiger partial charge on any atom is -0.508 e. The summed E-state index contributed by atoms with van der Waals surface area (Å²) in [6.45, 7) is 0. The third kappa shape index (κ3) is 1.94. The zero-order chi connectivity index (χ0) is 12.7. The van der Waals surface area contributed by atoms with Gasteiger partial charge in [-0.15, -0.1) is 0 Å². The average Bonchev–Trinajstić information content (AvgIpc) is 3.13. The average molecular weight is 244 g/mol. The van der Waals surface area contributed by atoms with E-state index < -0.39 is 5.92 Å². The maximum atomic E-state index is 12.0. The van der Waals surface area contributed by atoms with Crippen LogP contribution in [0.25, 0.3) is 0 Å². The standard InChI is InChI=1S/C15H16O3/c16-10-6-7-11(9-4-5-9)12(8-10)15-13(17)2-1-3-14(15)18/h6-9,15-16H,1-5H2. The van der Waals surface area contributed by atoms with Gasteiger partial charge in [0.15, 0.2) is 0 Å². The Kier molecular flexibility index (Phi) is 2.69. The van der Waals surface area contributed by atoms with Gasteiger partial charge in [0.2, 0.25) is 0 Å². The van der Waals surface area contributed by atoms with Crippen molar-refractivity contribution < 1.29 is 14.7 Å². The molecule has 0 bridgehead atoms. The molecule has 2 saturated carbocycles. The maximum absolute atomic E-state index is 12.0. The van der Waals surface area contributed by atoms with E-state index in [1.807, 2.05) is 6.07 Å². The number of hydrogen-bond acceptors (Lipinski definition) is 3. The van der Waals surface area contributed by atoms with Gasteiger partial charge in [-0.1, -0.05) is 6.07 Å². The van der Waals surface area contributed by atoms with E-state index in [0.717, 1.165) is 24.0 Å². The van der Waals surface area contributed by atoms with Gasteiger partial charge in [0, 0.05) is 12.8 Å². The Bertz CT molecular complexity index is 498. The zero-order valence-corrected chi connectivity index (χ0v) is 10.2. The van der Waals surface area contributed by atoms with Crippen LogP contribution in [-0.4, -0.2) is 16.7 Å². The number of benzene rings is 1. The van der Waals surface area contributed by atoms with E-state index in [0.29, 0.717) is 25.2 Å². The molecule has 1 N–H and O–H groups in total.